The first-order valence-corrected chi connectivity index (χ1v) is 14.5. The number of halogens is 1. The zero-order valence-corrected chi connectivity index (χ0v) is 24.7. The Morgan fingerprint density at radius 2 is 2.02 bits per heavy atom. The molecule has 4 aliphatic rings. The molecule has 3 N–H and O–H groups in total. The van der Waals surface area contributed by atoms with Crippen LogP contribution in [-0.2, 0) is 28.5 Å². The molecule has 1 spiro atoms. The lowest BCUT2D eigenvalue weighted by molar-refractivity contribution is -0.240. The van der Waals surface area contributed by atoms with Crippen molar-refractivity contribution in [2.75, 3.05) is 27.4 Å². The topological polar surface area (TPSA) is 137 Å². The van der Waals surface area contributed by atoms with Crippen molar-refractivity contribution in [3.8, 4) is 0 Å². The number of allylic oxidation sites excluding steroid dienone is 1. The van der Waals surface area contributed by atoms with Gasteiger partial charge in [0.15, 0.2) is 0 Å². The summed E-state index contributed by atoms with van der Waals surface area (Å²) in [5, 5.41) is 23.1. The molecule has 0 unspecified atom stereocenters. The van der Waals surface area contributed by atoms with Crippen molar-refractivity contribution in [3.63, 3.8) is 0 Å². The first kappa shape index (κ1) is 30.3. The van der Waals surface area contributed by atoms with Crippen LogP contribution in [0, 0.1) is 35.0 Å². The summed E-state index contributed by atoms with van der Waals surface area (Å²) in [6.07, 6.45) is 3.53. The Morgan fingerprint density at radius 1 is 1.27 bits per heavy atom. The van der Waals surface area contributed by atoms with E-state index in [0.29, 0.717) is 11.4 Å². The van der Waals surface area contributed by atoms with Gasteiger partial charge in [-0.3, -0.25) is 4.79 Å². The monoisotopic (exact) mass is 593 g/mol. The predicted molar refractivity (Wildman–Crippen MR) is 148 cm³/mol. The van der Waals surface area contributed by atoms with Gasteiger partial charge in [0.2, 0.25) is 0 Å². The summed E-state index contributed by atoms with van der Waals surface area (Å²) in [5.41, 5.74) is 0.399. The number of carbonyl (C=O) groups excluding carboxylic acids is 2. The average molecular weight is 594 g/mol. The van der Waals surface area contributed by atoms with Crippen LogP contribution in [0.4, 0.5) is 0 Å². The fourth-order valence-electron chi connectivity index (χ4n) is 7.82. The van der Waals surface area contributed by atoms with Crippen LogP contribution in [-0.4, -0.2) is 91.2 Å². The number of carbonyl (C=O) groups is 2. The molecule has 5 rings (SSSR count). The third kappa shape index (κ3) is 5.06. The highest BCUT2D eigenvalue weighted by molar-refractivity contribution is 6.30. The van der Waals surface area contributed by atoms with Gasteiger partial charge >= 0.3 is 11.9 Å². The average Bonchev–Trinajstić information content (AvgIpc) is 3.55. The Bertz CT molecular complexity index is 1200. The van der Waals surface area contributed by atoms with Gasteiger partial charge in [0.05, 0.1) is 42.5 Å². The number of aliphatic hydroxyl groups is 2. The van der Waals surface area contributed by atoms with Crippen LogP contribution in [0.2, 0.25) is 5.02 Å². The van der Waals surface area contributed by atoms with Crippen LogP contribution >= 0.6 is 11.6 Å². The molecule has 2 fully saturated rings. The third-order valence-electron chi connectivity index (χ3n) is 9.65. The Morgan fingerprint density at radius 3 is 2.68 bits per heavy atom. The Kier molecular flexibility index (Phi) is 8.72. The molecule has 10 nitrogen and oxygen atoms in total. The number of cyclic esters (lactones) is 1. The summed E-state index contributed by atoms with van der Waals surface area (Å²) >= 11 is 5.98. The van der Waals surface area contributed by atoms with Gasteiger partial charge in [0.1, 0.15) is 24.0 Å². The quantitative estimate of drug-likeness (QED) is 0.322. The van der Waals surface area contributed by atoms with E-state index in [4.69, 9.17) is 35.3 Å². The third-order valence-corrected chi connectivity index (χ3v) is 9.87. The molecule has 1 saturated carbocycles. The van der Waals surface area contributed by atoms with E-state index in [9.17, 15) is 19.8 Å². The highest BCUT2D eigenvalue weighted by atomic mass is 35.5. The minimum Gasteiger partial charge on any atom is -0.459 e. The summed E-state index contributed by atoms with van der Waals surface area (Å²) in [7, 11) is 3.02. The van der Waals surface area contributed by atoms with Crippen molar-refractivity contribution in [2.24, 2.45) is 35.0 Å². The van der Waals surface area contributed by atoms with Gasteiger partial charge in [-0.1, -0.05) is 49.2 Å². The predicted octanol–water partition coefficient (Wildman–Crippen LogP) is 2.93. The zero-order valence-electron chi connectivity index (χ0n) is 24.0. The SMILES string of the molecule is COC[C@@H](O)[C@H]1OC(=O)[C@H](COC)[C@H]2C=C[C@H]3O[C@@H]4C[C@@H]([C@H](O)[C@@H](C)[C@H]4OC(=O)c4cc(Cl)c[nH]4)[C@]23/C(C)=C/[C@H]1C. The number of aromatic nitrogens is 1. The maximum Gasteiger partial charge on any atom is 0.355 e. The number of methoxy groups -OCH3 is 2. The number of H-pyrrole nitrogens is 1. The molecule has 0 aromatic carbocycles. The van der Waals surface area contributed by atoms with Gasteiger partial charge < -0.3 is 38.9 Å². The number of aromatic amines is 1. The van der Waals surface area contributed by atoms with E-state index in [-0.39, 0.29) is 30.7 Å². The Hall–Kier alpha value is -2.21. The van der Waals surface area contributed by atoms with E-state index in [1.54, 1.807) is 0 Å². The van der Waals surface area contributed by atoms with Gasteiger partial charge in [-0.25, -0.2) is 4.79 Å². The second kappa shape index (κ2) is 11.8. The van der Waals surface area contributed by atoms with Crippen LogP contribution < -0.4 is 0 Å². The largest absolute Gasteiger partial charge is 0.459 e. The van der Waals surface area contributed by atoms with E-state index >= 15 is 0 Å². The first-order valence-electron chi connectivity index (χ1n) is 14.2. The molecule has 1 saturated heterocycles. The highest BCUT2D eigenvalue weighted by Crippen LogP contribution is 2.62. The molecule has 0 amide bonds. The number of esters is 2. The summed E-state index contributed by atoms with van der Waals surface area (Å²) < 4.78 is 29.2. The molecule has 2 aliphatic heterocycles. The summed E-state index contributed by atoms with van der Waals surface area (Å²) in [5.74, 6) is -3.26. The molecular formula is C30H40ClNO9. The molecule has 0 radical (unpaired) electrons. The standard InChI is InChI=1S/C30H40ClNO9/c1-14-8-15(2)30-19(18(12-37-4)28(35)40-26(14)22(33)13-38-5)6-7-24(30)39-23-10-20(30)25(34)16(3)27(23)41-29(36)21-9-17(31)11-32-21/h6-9,11,14,16,18-20,22-27,32-34H,10,12-13H2,1-5H3/b15-8+/t14-,16-,18-,19-,20+,22-,23-,24-,25-,26+,27-,30+/m1/s1. The van der Waals surface area contributed by atoms with Crippen LogP contribution in [0.15, 0.2) is 36.1 Å². The second-order valence-corrected chi connectivity index (χ2v) is 12.4. The summed E-state index contributed by atoms with van der Waals surface area (Å²) in [6.45, 7) is 5.87. The maximum absolute atomic E-state index is 13.7. The van der Waals surface area contributed by atoms with Crippen molar-refractivity contribution in [1.82, 2.24) is 4.98 Å². The lowest BCUT2D eigenvalue weighted by Gasteiger charge is -2.59. The molecule has 11 heteroatoms. The van der Waals surface area contributed by atoms with E-state index in [1.165, 1.54) is 26.5 Å². The van der Waals surface area contributed by atoms with Crippen molar-refractivity contribution in [3.05, 3.63) is 46.8 Å². The summed E-state index contributed by atoms with van der Waals surface area (Å²) in [6, 6.07) is 1.50. The number of nitrogens with one attached hydrogen (secondary N) is 1. The molecule has 2 bridgehead atoms. The smallest absolute Gasteiger partial charge is 0.355 e. The lowest BCUT2D eigenvalue weighted by atomic mass is 9.52. The van der Waals surface area contributed by atoms with E-state index in [2.05, 4.69) is 4.98 Å². The first-order chi connectivity index (χ1) is 19.5. The van der Waals surface area contributed by atoms with Crippen molar-refractivity contribution >= 4 is 23.5 Å². The molecule has 3 heterocycles. The molecule has 41 heavy (non-hydrogen) atoms. The molecular weight excluding hydrogens is 554 g/mol. The fourth-order valence-corrected chi connectivity index (χ4v) is 7.99. The van der Waals surface area contributed by atoms with E-state index in [0.717, 1.165) is 5.57 Å². The molecule has 1 aromatic rings. The molecule has 2 aliphatic carbocycles. The van der Waals surface area contributed by atoms with E-state index in [1.807, 2.05) is 39.0 Å². The van der Waals surface area contributed by atoms with Gasteiger partial charge in [0, 0.05) is 49.5 Å². The molecule has 1 aromatic heterocycles. The van der Waals surface area contributed by atoms with Crippen LogP contribution in [0.3, 0.4) is 0 Å². The van der Waals surface area contributed by atoms with Crippen LogP contribution in [0.1, 0.15) is 37.7 Å². The van der Waals surface area contributed by atoms with Crippen molar-refractivity contribution in [2.45, 2.75) is 63.8 Å². The Labute approximate surface area is 245 Å². The number of rotatable bonds is 7. The lowest BCUT2D eigenvalue weighted by Crippen LogP contribution is -2.65. The summed E-state index contributed by atoms with van der Waals surface area (Å²) in [4.78, 5) is 29.5. The van der Waals surface area contributed by atoms with Gasteiger partial charge in [-0.2, -0.15) is 0 Å². The van der Waals surface area contributed by atoms with Gasteiger partial charge in [0.25, 0.3) is 0 Å². The normalized spacial score (nSPS) is 42.0. The minimum absolute atomic E-state index is 0.0136. The molecule has 12 atom stereocenters. The fraction of sp³-hybridized carbons (Fsp3) is 0.667. The van der Waals surface area contributed by atoms with Gasteiger partial charge in [-0.15, -0.1) is 0 Å². The van der Waals surface area contributed by atoms with Crippen molar-refractivity contribution < 1.29 is 43.5 Å². The molecule has 226 valence electrons. The van der Waals surface area contributed by atoms with Gasteiger partial charge in [-0.05, 0) is 19.4 Å². The zero-order chi connectivity index (χ0) is 29.6. The number of hydrogen-bond donors (Lipinski definition) is 3. The Balaban J connectivity index is 1.53. The second-order valence-electron chi connectivity index (χ2n) is 11.9. The number of ether oxygens (including phenoxy) is 5. The minimum atomic E-state index is -1.02. The highest BCUT2D eigenvalue weighted by Gasteiger charge is 2.66. The van der Waals surface area contributed by atoms with E-state index < -0.39 is 71.7 Å². The van der Waals surface area contributed by atoms with Crippen LogP contribution in [0.5, 0.6) is 0 Å². The van der Waals surface area contributed by atoms with Crippen LogP contribution in [0.25, 0.3) is 0 Å². The van der Waals surface area contributed by atoms with Crippen molar-refractivity contribution in [1.29, 1.82) is 0 Å². The maximum atomic E-state index is 13.7. The number of fused-ring (bicyclic) bond motifs is 2. The number of hydrogen-bond acceptors (Lipinski definition) is 9. The number of aliphatic hydroxyl groups excluding tert-OH is 2.